The van der Waals surface area contributed by atoms with Crippen LogP contribution in [0.15, 0.2) is 30.3 Å². The molecule has 218 valence electrons. The molecule has 1 fully saturated rings. The fraction of sp³-hybridized carbons (Fsp3) is 0.655. The molecule has 0 bridgehead atoms. The van der Waals surface area contributed by atoms with Crippen LogP contribution >= 0.6 is 0 Å². The fourth-order valence-electron chi connectivity index (χ4n) is 5.42. The minimum atomic E-state index is -0.844. The normalized spacial score (nSPS) is 18.9. The number of nitrogens with zero attached hydrogens (tertiary/aromatic N) is 2. The number of carbonyl (C=O) groups is 4. The first-order valence-corrected chi connectivity index (χ1v) is 13.9. The second kappa shape index (κ2) is 16.2. The molecular formula is C29H46N4O6. The van der Waals surface area contributed by atoms with Crippen molar-refractivity contribution >= 4 is 24.1 Å². The van der Waals surface area contributed by atoms with E-state index < -0.39 is 24.2 Å². The number of aliphatic hydroxyl groups is 1. The van der Waals surface area contributed by atoms with Crippen molar-refractivity contribution in [3.8, 4) is 0 Å². The maximum atomic E-state index is 13.3. The summed E-state index contributed by atoms with van der Waals surface area (Å²) >= 11 is 0. The van der Waals surface area contributed by atoms with Gasteiger partial charge in [0.1, 0.15) is 0 Å². The molecule has 6 unspecified atom stereocenters. The monoisotopic (exact) mass is 546 g/mol. The summed E-state index contributed by atoms with van der Waals surface area (Å²) in [6, 6.07) is 8.34. The van der Waals surface area contributed by atoms with Crippen LogP contribution in [-0.4, -0.2) is 90.5 Å². The van der Waals surface area contributed by atoms with Gasteiger partial charge in [0.25, 0.3) is 0 Å². The number of aliphatic hydroxyl groups excluding tert-OH is 1. The minimum Gasteiger partial charge on any atom is -0.386 e. The van der Waals surface area contributed by atoms with Crippen LogP contribution in [0.1, 0.15) is 71.0 Å². The van der Waals surface area contributed by atoms with Crippen molar-refractivity contribution in [2.45, 2.75) is 89.6 Å². The molecule has 0 spiro atoms. The number of carbonyl (C=O) groups excluding carboxylic acids is 4. The first-order valence-electron chi connectivity index (χ1n) is 13.9. The molecule has 1 aromatic rings. The number of rotatable bonds is 16. The van der Waals surface area contributed by atoms with Crippen molar-refractivity contribution in [1.82, 2.24) is 20.4 Å². The van der Waals surface area contributed by atoms with Crippen LogP contribution in [0.2, 0.25) is 0 Å². The summed E-state index contributed by atoms with van der Waals surface area (Å²) in [7, 11) is 3.26. The quantitative estimate of drug-likeness (QED) is 0.272. The number of ether oxygens (including phenoxy) is 1. The average Bonchev–Trinajstić information content (AvgIpc) is 3.43. The number of likely N-dealkylation sites (tertiary alicyclic amines) is 1. The second-order valence-electron chi connectivity index (χ2n) is 10.4. The third-order valence-electron chi connectivity index (χ3n) is 7.75. The first kappa shape index (κ1) is 32.2. The van der Waals surface area contributed by atoms with Gasteiger partial charge in [-0.2, -0.15) is 0 Å². The molecule has 1 aromatic carbocycles. The molecule has 2 rings (SSSR count). The first-order chi connectivity index (χ1) is 18.7. The minimum absolute atomic E-state index is 0.0204. The van der Waals surface area contributed by atoms with E-state index in [0.29, 0.717) is 19.4 Å². The van der Waals surface area contributed by atoms with Gasteiger partial charge in [0.05, 0.1) is 36.8 Å². The van der Waals surface area contributed by atoms with Crippen molar-refractivity contribution in [3.63, 3.8) is 0 Å². The van der Waals surface area contributed by atoms with E-state index in [1.807, 2.05) is 42.2 Å². The van der Waals surface area contributed by atoms with Gasteiger partial charge in [-0.25, -0.2) is 0 Å². The predicted octanol–water partition coefficient (Wildman–Crippen LogP) is 2.02. The van der Waals surface area contributed by atoms with Crippen LogP contribution in [0, 0.1) is 5.92 Å². The summed E-state index contributed by atoms with van der Waals surface area (Å²) in [6.07, 6.45) is 3.12. The Labute approximate surface area is 232 Å². The van der Waals surface area contributed by atoms with Crippen molar-refractivity contribution in [2.75, 3.05) is 27.2 Å². The van der Waals surface area contributed by atoms with Crippen LogP contribution in [0.25, 0.3) is 0 Å². The molecule has 0 aromatic heterocycles. The number of nitrogens with one attached hydrogen (secondary N) is 2. The lowest BCUT2D eigenvalue weighted by Gasteiger charge is -2.35. The molecular weight excluding hydrogens is 500 g/mol. The number of hydrogen-bond donors (Lipinski definition) is 3. The van der Waals surface area contributed by atoms with Crippen LogP contribution in [0.4, 0.5) is 0 Å². The Hall–Kier alpha value is -2.98. The zero-order valence-electron chi connectivity index (χ0n) is 24.0. The van der Waals surface area contributed by atoms with Gasteiger partial charge < -0.3 is 30.3 Å². The molecule has 39 heavy (non-hydrogen) atoms. The predicted molar refractivity (Wildman–Crippen MR) is 148 cm³/mol. The van der Waals surface area contributed by atoms with Gasteiger partial charge >= 0.3 is 0 Å². The molecule has 0 radical (unpaired) electrons. The highest BCUT2D eigenvalue weighted by Crippen LogP contribution is 2.28. The Bertz CT molecular complexity index is 930. The lowest BCUT2D eigenvalue weighted by atomic mass is 9.93. The Morgan fingerprint density at radius 1 is 1.21 bits per heavy atom. The third-order valence-corrected chi connectivity index (χ3v) is 7.75. The van der Waals surface area contributed by atoms with E-state index in [-0.39, 0.29) is 42.8 Å². The molecule has 10 heteroatoms. The summed E-state index contributed by atoms with van der Waals surface area (Å²) in [6.45, 7) is 6.11. The Morgan fingerprint density at radius 3 is 2.51 bits per heavy atom. The molecule has 10 nitrogen and oxygen atoms in total. The Balaban J connectivity index is 2.01. The van der Waals surface area contributed by atoms with E-state index in [0.717, 1.165) is 31.2 Å². The molecule has 4 amide bonds. The van der Waals surface area contributed by atoms with E-state index >= 15 is 0 Å². The molecule has 1 heterocycles. The highest BCUT2D eigenvalue weighted by Gasteiger charge is 2.40. The molecule has 1 aliphatic heterocycles. The van der Waals surface area contributed by atoms with E-state index in [2.05, 4.69) is 10.6 Å². The highest BCUT2D eigenvalue weighted by molar-refractivity contribution is 5.81. The summed E-state index contributed by atoms with van der Waals surface area (Å²) in [5.41, 5.74) is 0.725. The van der Waals surface area contributed by atoms with Gasteiger partial charge in [-0.1, -0.05) is 50.6 Å². The summed E-state index contributed by atoms with van der Waals surface area (Å²) in [5.74, 6) is -0.998. The third kappa shape index (κ3) is 9.03. The zero-order chi connectivity index (χ0) is 28.9. The lowest BCUT2D eigenvalue weighted by molar-refractivity contribution is -0.141. The molecule has 0 aliphatic carbocycles. The number of amides is 4. The zero-order valence-corrected chi connectivity index (χ0v) is 24.0. The van der Waals surface area contributed by atoms with Crippen molar-refractivity contribution < 1.29 is 29.0 Å². The standard InChI is InChI=1S/C29H46N4O6/c1-6-11-23(32(4)26(36)18-30-19-34)15-16-25(35)33-17-10-14-24(33)28(39-5)20(2)29(38)31-21(3)27(37)22-12-8-7-9-13-22/h7-9,12-13,19-21,23-24,27-28,37H,6,10-11,14-18H2,1-5H3,(H,30,34)(H,31,38). The van der Waals surface area contributed by atoms with Crippen LogP contribution < -0.4 is 10.6 Å². The van der Waals surface area contributed by atoms with Gasteiger partial charge in [0.2, 0.25) is 24.1 Å². The van der Waals surface area contributed by atoms with Gasteiger partial charge in [0.15, 0.2) is 0 Å². The second-order valence-corrected chi connectivity index (χ2v) is 10.4. The van der Waals surface area contributed by atoms with Gasteiger partial charge in [-0.05, 0) is 38.2 Å². The average molecular weight is 547 g/mol. The van der Waals surface area contributed by atoms with E-state index in [9.17, 15) is 24.3 Å². The van der Waals surface area contributed by atoms with Crippen molar-refractivity contribution in [2.24, 2.45) is 5.92 Å². The maximum Gasteiger partial charge on any atom is 0.241 e. The molecule has 3 N–H and O–H groups in total. The summed E-state index contributed by atoms with van der Waals surface area (Å²) in [5, 5.41) is 16.0. The van der Waals surface area contributed by atoms with Crippen LogP contribution in [-0.2, 0) is 23.9 Å². The van der Waals surface area contributed by atoms with Crippen LogP contribution in [0.5, 0.6) is 0 Å². The molecule has 6 atom stereocenters. The molecule has 1 saturated heterocycles. The van der Waals surface area contributed by atoms with Crippen LogP contribution in [0.3, 0.4) is 0 Å². The Morgan fingerprint density at radius 2 is 1.90 bits per heavy atom. The summed E-state index contributed by atoms with van der Waals surface area (Å²) in [4.78, 5) is 52.9. The van der Waals surface area contributed by atoms with Gasteiger partial charge in [0, 0.05) is 33.2 Å². The van der Waals surface area contributed by atoms with Gasteiger partial charge in [-0.15, -0.1) is 0 Å². The van der Waals surface area contributed by atoms with Crippen molar-refractivity contribution in [1.29, 1.82) is 0 Å². The molecule has 1 aliphatic rings. The largest absolute Gasteiger partial charge is 0.386 e. The van der Waals surface area contributed by atoms with Gasteiger partial charge in [-0.3, -0.25) is 19.2 Å². The molecule has 0 saturated carbocycles. The van der Waals surface area contributed by atoms with E-state index in [1.54, 1.807) is 32.9 Å². The Kier molecular flexibility index (Phi) is 13.4. The highest BCUT2D eigenvalue weighted by atomic mass is 16.5. The van der Waals surface area contributed by atoms with E-state index in [4.69, 9.17) is 4.74 Å². The smallest absolute Gasteiger partial charge is 0.241 e. The number of hydrogen-bond acceptors (Lipinski definition) is 6. The van der Waals surface area contributed by atoms with Crippen molar-refractivity contribution in [3.05, 3.63) is 35.9 Å². The number of benzene rings is 1. The maximum absolute atomic E-state index is 13.3. The van der Waals surface area contributed by atoms with E-state index in [1.165, 1.54) is 0 Å². The fourth-order valence-corrected chi connectivity index (χ4v) is 5.42. The number of methoxy groups -OCH3 is 1. The summed E-state index contributed by atoms with van der Waals surface area (Å²) < 4.78 is 5.79. The topological polar surface area (TPSA) is 128 Å². The SMILES string of the molecule is CCCC(CCC(=O)N1CCCC1C(OC)C(C)C(=O)NC(C)C(O)c1ccccc1)N(C)C(=O)CNC=O. The lowest BCUT2D eigenvalue weighted by Crippen LogP contribution is -2.51. The number of likely N-dealkylation sites (N-methyl/N-ethyl adjacent to an activating group) is 1.